The molecule has 33 heavy (non-hydrogen) atoms. The fourth-order valence-corrected chi connectivity index (χ4v) is 3.97. The maximum atomic E-state index is 5.64. The standard InChI is InChI=1S/C27H26N4O2/c1-19(30-32-18-20-6-5-9-24(16-20)22-7-3-2-4-8-22)21-10-12-23(13-11-21)26-29-27(33-31-26)25-14-15-28-17-25/h2-13,16,25,28H,14-15,17-18H2,1H3/t25-/m1/s1. The molecule has 6 heteroatoms. The zero-order valence-electron chi connectivity index (χ0n) is 18.6. The van der Waals surface area contributed by atoms with E-state index in [1.807, 2.05) is 61.5 Å². The van der Waals surface area contributed by atoms with Gasteiger partial charge in [0.2, 0.25) is 11.7 Å². The molecule has 166 valence electrons. The van der Waals surface area contributed by atoms with Gasteiger partial charge in [-0.3, -0.25) is 0 Å². The molecule has 5 rings (SSSR count). The van der Waals surface area contributed by atoms with Gasteiger partial charge < -0.3 is 14.7 Å². The molecule has 0 saturated carbocycles. The predicted molar refractivity (Wildman–Crippen MR) is 129 cm³/mol. The Labute approximate surface area is 193 Å². The topological polar surface area (TPSA) is 72.5 Å². The fourth-order valence-electron chi connectivity index (χ4n) is 3.97. The molecular weight excluding hydrogens is 412 g/mol. The first-order valence-corrected chi connectivity index (χ1v) is 11.2. The lowest BCUT2D eigenvalue weighted by atomic mass is 10.0. The summed E-state index contributed by atoms with van der Waals surface area (Å²) in [5.41, 5.74) is 6.15. The van der Waals surface area contributed by atoms with Crippen LogP contribution in [0.25, 0.3) is 22.5 Å². The van der Waals surface area contributed by atoms with Crippen molar-refractivity contribution in [1.82, 2.24) is 15.5 Å². The summed E-state index contributed by atoms with van der Waals surface area (Å²) in [5, 5.41) is 11.8. The van der Waals surface area contributed by atoms with E-state index in [9.17, 15) is 0 Å². The summed E-state index contributed by atoms with van der Waals surface area (Å²) in [6, 6.07) is 26.6. The smallest absolute Gasteiger partial charge is 0.231 e. The maximum absolute atomic E-state index is 5.64. The van der Waals surface area contributed by atoms with Crippen molar-refractivity contribution in [1.29, 1.82) is 0 Å². The van der Waals surface area contributed by atoms with Gasteiger partial charge in [0.25, 0.3) is 0 Å². The second-order valence-corrected chi connectivity index (χ2v) is 8.24. The number of hydrogen-bond acceptors (Lipinski definition) is 6. The Morgan fingerprint density at radius 2 is 1.82 bits per heavy atom. The lowest BCUT2D eigenvalue weighted by Crippen LogP contribution is -2.08. The first-order chi connectivity index (χ1) is 16.3. The molecular formula is C27H26N4O2. The minimum absolute atomic E-state index is 0.311. The minimum Gasteiger partial charge on any atom is -0.391 e. The van der Waals surface area contributed by atoms with E-state index in [0.717, 1.165) is 41.9 Å². The van der Waals surface area contributed by atoms with E-state index in [4.69, 9.17) is 9.36 Å². The Bertz CT molecular complexity index is 1230. The van der Waals surface area contributed by atoms with Crippen LogP contribution in [0.5, 0.6) is 0 Å². The van der Waals surface area contributed by atoms with E-state index < -0.39 is 0 Å². The zero-order valence-corrected chi connectivity index (χ0v) is 18.6. The zero-order chi connectivity index (χ0) is 22.5. The molecule has 0 radical (unpaired) electrons. The van der Waals surface area contributed by atoms with Crippen LogP contribution in [0, 0.1) is 0 Å². The largest absolute Gasteiger partial charge is 0.391 e. The third kappa shape index (κ3) is 5.02. The van der Waals surface area contributed by atoms with Gasteiger partial charge >= 0.3 is 0 Å². The van der Waals surface area contributed by atoms with E-state index in [2.05, 4.69) is 44.9 Å². The molecule has 1 aliphatic heterocycles. The van der Waals surface area contributed by atoms with Gasteiger partial charge in [-0.25, -0.2) is 0 Å². The molecule has 1 N–H and O–H groups in total. The van der Waals surface area contributed by atoms with Crippen molar-refractivity contribution in [3.8, 4) is 22.5 Å². The van der Waals surface area contributed by atoms with Gasteiger partial charge in [-0.05, 0) is 48.2 Å². The van der Waals surface area contributed by atoms with Crippen LogP contribution < -0.4 is 5.32 Å². The van der Waals surface area contributed by atoms with Crippen molar-refractivity contribution in [3.63, 3.8) is 0 Å². The molecule has 1 atom stereocenters. The maximum Gasteiger partial charge on any atom is 0.231 e. The quantitative estimate of drug-likeness (QED) is 0.308. The summed E-state index contributed by atoms with van der Waals surface area (Å²) in [4.78, 5) is 10.2. The van der Waals surface area contributed by atoms with Gasteiger partial charge in [-0.1, -0.05) is 83.1 Å². The van der Waals surface area contributed by atoms with Crippen LogP contribution >= 0.6 is 0 Å². The summed E-state index contributed by atoms with van der Waals surface area (Å²) in [5.74, 6) is 1.64. The molecule has 0 bridgehead atoms. The Hall–Kier alpha value is -3.77. The summed E-state index contributed by atoms with van der Waals surface area (Å²) in [6.07, 6.45) is 1.03. The highest BCUT2D eigenvalue weighted by molar-refractivity contribution is 5.98. The van der Waals surface area contributed by atoms with Crippen LogP contribution in [0.4, 0.5) is 0 Å². The number of oxime groups is 1. The summed E-state index contributed by atoms with van der Waals surface area (Å²) in [7, 11) is 0. The van der Waals surface area contributed by atoms with Gasteiger partial charge in [-0.15, -0.1) is 0 Å². The third-order valence-corrected chi connectivity index (χ3v) is 5.88. The van der Waals surface area contributed by atoms with Crippen LogP contribution in [-0.4, -0.2) is 28.9 Å². The van der Waals surface area contributed by atoms with Crippen molar-refractivity contribution < 1.29 is 9.36 Å². The molecule has 6 nitrogen and oxygen atoms in total. The van der Waals surface area contributed by atoms with Crippen LogP contribution in [-0.2, 0) is 11.4 Å². The Balaban J connectivity index is 1.21. The number of nitrogens with one attached hydrogen (secondary N) is 1. The van der Waals surface area contributed by atoms with E-state index in [-0.39, 0.29) is 0 Å². The van der Waals surface area contributed by atoms with Crippen molar-refractivity contribution in [2.75, 3.05) is 13.1 Å². The summed E-state index contributed by atoms with van der Waals surface area (Å²) in [6.45, 7) is 4.25. The number of hydrogen-bond donors (Lipinski definition) is 1. The Morgan fingerprint density at radius 3 is 2.61 bits per heavy atom. The van der Waals surface area contributed by atoms with E-state index in [0.29, 0.717) is 24.2 Å². The van der Waals surface area contributed by atoms with Crippen molar-refractivity contribution in [2.24, 2.45) is 5.16 Å². The van der Waals surface area contributed by atoms with Crippen molar-refractivity contribution in [2.45, 2.75) is 25.9 Å². The van der Waals surface area contributed by atoms with Gasteiger partial charge in [-0.2, -0.15) is 4.98 Å². The molecule has 1 aromatic heterocycles. The van der Waals surface area contributed by atoms with Crippen molar-refractivity contribution in [3.05, 3.63) is 95.9 Å². The lowest BCUT2D eigenvalue weighted by molar-refractivity contribution is 0.130. The van der Waals surface area contributed by atoms with E-state index in [1.165, 1.54) is 11.1 Å². The van der Waals surface area contributed by atoms with Crippen LogP contribution in [0.15, 0.2) is 88.5 Å². The number of aromatic nitrogens is 2. The van der Waals surface area contributed by atoms with Gasteiger partial charge in [0, 0.05) is 12.1 Å². The van der Waals surface area contributed by atoms with Crippen LogP contribution in [0.2, 0.25) is 0 Å². The average molecular weight is 439 g/mol. The predicted octanol–water partition coefficient (Wildman–Crippen LogP) is 5.42. The highest BCUT2D eigenvalue weighted by atomic mass is 16.6. The van der Waals surface area contributed by atoms with Crippen LogP contribution in [0.3, 0.4) is 0 Å². The molecule has 1 fully saturated rings. The number of rotatable bonds is 7. The van der Waals surface area contributed by atoms with Crippen molar-refractivity contribution >= 4 is 5.71 Å². The number of benzene rings is 3. The Kier molecular flexibility index (Phi) is 6.26. The number of nitrogens with zero attached hydrogens (tertiary/aromatic N) is 3. The molecule has 4 aromatic rings. The van der Waals surface area contributed by atoms with Gasteiger partial charge in [0.05, 0.1) is 11.6 Å². The molecule has 0 spiro atoms. The van der Waals surface area contributed by atoms with Crippen LogP contribution in [0.1, 0.15) is 36.3 Å². The SMILES string of the molecule is CC(=NOCc1cccc(-c2ccccc2)c1)c1ccc(-c2noc([C@@H]3CCNC3)n2)cc1. The fraction of sp³-hybridized carbons (Fsp3) is 0.222. The molecule has 2 heterocycles. The molecule has 0 amide bonds. The second kappa shape index (κ2) is 9.79. The first-order valence-electron chi connectivity index (χ1n) is 11.2. The highest BCUT2D eigenvalue weighted by Crippen LogP contribution is 2.24. The van der Waals surface area contributed by atoms with E-state index >= 15 is 0 Å². The normalized spacial score (nSPS) is 16.2. The summed E-state index contributed by atoms with van der Waals surface area (Å²) < 4.78 is 5.47. The first kappa shape index (κ1) is 21.1. The second-order valence-electron chi connectivity index (χ2n) is 8.24. The van der Waals surface area contributed by atoms with Gasteiger partial charge in [0.1, 0.15) is 6.61 Å². The van der Waals surface area contributed by atoms with E-state index in [1.54, 1.807) is 0 Å². The van der Waals surface area contributed by atoms with Gasteiger partial charge in [0.15, 0.2) is 0 Å². The molecule has 3 aromatic carbocycles. The average Bonchev–Trinajstić information content (AvgIpc) is 3.57. The molecule has 1 saturated heterocycles. The minimum atomic E-state index is 0.311. The molecule has 1 aliphatic rings. The molecule has 0 unspecified atom stereocenters. The highest BCUT2D eigenvalue weighted by Gasteiger charge is 2.23. The lowest BCUT2D eigenvalue weighted by Gasteiger charge is -2.06. The summed E-state index contributed by atoms with van der Waals surface area (Å²) >= 11 is 0. The molecule has 0 aliphatic carbocycles. The third-order valence-electron chi connectivity index (χ3n) is 5.88. The Morgan fingerprint density at radius 1 is 1.00 bits per heavy atom. The monoisotopic (exact) mass is 438 g/mol.